The van der Waals surface area contributed by atoms with Crippen molar-refractivity contribution in [1.29, 1.82) is 0 Å². The first-order valence-corrected chi connectivity index (χ1v) is 9.49. The fourth-order valence-electron chi connectivity index (χ4n) is 2.35. The van der Waals surface area contributed by atoms with Gasteiger partial charge in [-0.3, -0.25) is 4.79 Å². The van der Waals surface area contributed by atoms with Crippen molar-refractivity contribution >= 4 is 15.9 Å². The fourth-order valence-corrected chi connectivity index (χ4v) is 2.86. The van der Waals surface area contributed by atoms with Crippen molar-refractivity contribution < 1.29 is 13.2 Å². The van der Waals surface area contributed by atoms with E-state index in [1.807, 2.05) is 38.1 Å². The third kappa shape index (κ3) is 5.97. The second kappa shape index (κ2) is 8.24. The molecule has 1 amide bonds. The Bertz CT molecular complexity index is 816. The number of carbonyl (C=O) groups excluding carboxylic acids is 1. The summed E-state index contributed by atoms with van der Waals surface area (Å²) in [6.45, 7) is 4.59. The van der Waals surface area contributed by atoms with Gasteiger partial charge in [-0.05, 0) is 37.1 Å². The van der Waals surface area contributed by atoms with Crippen LogP contribution in [0, 0.1) is 6.92 Å². The maximum Gasteiger partial charge on any atom is 0.238 e. The standard InChI is InChI=1S/C18H23N3O3S/c1-13-3-7-16(8-4-13)14(2)21-18(22)12-20-11-15-5-9-17(10-6-15)25(19,23)24/h3-10,14,20H,11-12H2,1-2H3,(H,21,22)(H2,19,23,24)/t14-/m1/s1. The van der Waals surface area contributed by atoms with Crippen LogP contribution in [0.15, 0.2) is 53.4 Å². The molecule has 0 aliphatic heterocycles. The molecule has 6 nitrogen and oxygen atoms in total. The molecule has 0 saturated carbocycles. The zero-order valence-corrected chi connectivity index (χ0v) is 15.1. The lowest BCUT2D eigenvalue weighted by atomic mass is 10.1. The van der Waals surface area contributed by atoms with E-state index in [-0.39, 0.29) is 23.4 Å². The lowest BCUT2D eigenvalue weighted by molar-refractivity contribution is -0.120. The number of rotatable bonds is 7. The lowest BCUT2D eigenvalue weighted by Gasteiger charge is -2.15. The third-order valence-electron chi connectivity index (χ3n) is 3.82. The van der Waals surface area contributed by atoms with Crippen LogP contribution in [-0.2, 0) is 21.4 Å². The minimum Gasteiger partial charge on any atom is -0.348 e. The van der Waals surface area contributed by atoms with E-state index in [0.717, 1.165) is 11.1 Å². The van der Waals surface area contributed by atoms with E-state index in [9.17, 15) is 13.2 Å². The second-order valence-electron chi connectivity index (χ2n) is 5.99. The molecule has 0 aliphatic carbocycles. The van der Waals surface area contributed by atoms with Crippen molar-refractivity contribution in [2.45, 2.75) is 31.3 Å². The summed E-state index contributed by atoms with van der Waals surface area (Å²) in [6.07, 6.45) is 0. The Morgan fingerprint density at radius 1 is 1.08 bits per heavy atom. The van der Waals surface area contributed by atoms with Crippen molar-refractivity contribution in [3.63, 3.8) is 0 Å². The van der Waals surface area contributed by atoms with Gasteiger partial charge in [0.05, 0.1) is 17.5 Å². The molecule has 0 saturated heterocycles. The molecule has 0 unspecified atom stereocenters. The number of carbonyl (C=O) groups is 1. The van der Waals surface area contributed by atoms with Gasteiger partial charge in [-0.25, -0.2) is 13.6 Å². The average molecular weight is 361 g/mol. The van der Waals surface area contributed by atoms with Gasteiger partial charge >= 0.3 is 0 Å². The molecule has 2 aromatic rings. The van der Waals surface area contributed by atoms with Gasteiger partial charge in [0.1, 0.15) is 0 Å². The van der Waals surface area contributed by atoms with Gasteiger partial charge in [0.25, 0.3) is 0 Å². The third-order valence-corrected chi connectivity index (χ3v) is 4.75. The Balaban J connectivity index is 1.79. The number of nitrogens with two attached hydrogens (primary N) is 1. The van der Waals surface area contributed by atoms with E-state index < -0.39 is 10.0 Å². The van der Waals surface area contributed by atoms with Crippen LogP contribution in [0.2, 0.25) is 0 Å². The quantitative estimate of drug-likeness (QED) is 0.697. The largest absolute Gasteiger partial charge is 0.348 e. The second-order valence-corrected chi connectivity index (χ2v) is 7.55. The molecule has 0 spiro atoms. The smallest absolute Gasteiger partial charge is 0.238 e. The summed E-state index contributed by atoms with van der Waals surface area (Å²) in [5, 5.41) is 11.0. The summed E-state index contributed by atoms with van der Waals surface area (Å²) in [6, 6.07) is 14.2. The number of aryl methyl sites for hydroxylation is 1. The zero-order valence-electron chi connectivity index (χ0n) is 14.3. The van der Waals surface area contributed by atoms with Crippen LogP contribution in [-0.4, -0.2) is 20.9 Å². The Kier molecular flexibility index (Phi) is 6.30. The van der Waals surface area contributed by atoms with E-state index in [2.05, 4.69) is 10.6 Å². The lowest BCUT2D eigenvalue weighted by Crippen LogP contribution is -2.35. The first-order valence-electron chi connectivity index (χ1n) is 7.94. The number of amides is 1. The van der Waals surface area contributed by atoms with Crippen molar-refractivity contribution in [2.75, 3.05) is 6.54 Å². The summed E-state index contributed by atoms with van der Waals surface area (Å²) in [4.78, 5) is 12.1. The molecule has 0 fully saturated rings. The number of hydrogen-bond acceptors (Lipinski definition) is 4. The van der Waals surface area contributed by atoms with Gasteiger partial charge in [0.2, 0.25) is 15.9 Å². The van der Waals surface area contributed by atoms with E-state index in [0.29, 0.717) is 6.54 Å². The molecule has 134 valence electrons. The Labute approximate surface area is 148 Å². The first-order chi connectivity index (χ1) is 11.8. The summed E-state index contributed by atoms with van der Waals surface area (Å²) in [5.41, 5.74) is 3.10. The van der Waals surface area contributed by atoms with Crippen LogP contribution in [0.3, 0.4) is 0 Å². The highest BCUT2D eigenvalue weighted by Crippen LogP contribution is 2.12. The molecular formula is C18H23N3O3S. The number of nitrogens with one attached hydrogen (secondary N) is 2. The highest BCUT2D eigenvalue weighted by molar-refractivity contribution is 7.89. The first kappa shape index (κ1) is 19.1. The molecular weight excluding hydrogens is 338 g/mol. The topological polar surface area (TPSA) is 101 Å². The van der Waals surface area contributed by atoms with E-state index >= 15 is 0 Å². The molecule has 7 heteroatoms. The van der Waals surface area contributed by atoms with Crippen molar-refractivity contribution in [3.8, 4) is 0 Å². The van der Waals surface area contributed by atoms with Gasteiger partial charge < -0.3 is 10.6 Å². The molecule has 0 aromatic heterocycles. The molecule has 0 aliphatic rings. The van der Waals surface area contributed by atoms with Crippen LogP contribution >= 0.6 is 0 Å². The van der Waals surface area contributed by atoms with Crippen molar-refractivity contribution in [1.82, 2.24) is 10.6 Å². The summed E-state index contributed by atoms with van der Waals surface area (Å²) < 4.78 is 22.4. The zero-order chi connectivity index (χ0) is 18.4. The Hall–Kier alpha value is -2.22. The van der Waals surface area contributed by atoms with Crippen LogP contribution in [0.25, 0.3) is 0 Å². The Morgan fingerprint density at radius 3 is 2.24 bits per heavy atom. The summed E-state index contributed by atoms with van der Waals surface area (Å²) >= 11 is 0. The van der Waals surface area contributed by atoms with Crippen LogP contribution in [0.1, 0.15) is 29.7 Å². The van der Waals surface area contributed by atoms with E-state index in [4.69, 9.17) is 5.14 Å². The monoisotopic (exact) mass is 361 g/mol. The number of primary sulfonamides is 1. The van der Waals surface area contributed by atoms with Gasteiger partial charge in [0, 0.05) is 6.54 Å². The van der Waals surface area contributed by atoms with Crippen LogP contribution in [0.4, 0.5) is 0 Å². The van der Waals surface area contributed by atoms with Crippen LogP contribution in [0.5, 0.6) is 0 Å². The van der Waals surface area contributed by atoms with E-state index in [1.54, 1.807) is 12.1 Å². The molecule has 0 heterocycles. The van der Waals surface area contributed by atoms with Gasteiger partial charge in [-0.15, -0.1) is 0 Å². The SMILES string of the molecule is Cc1ccc([C@@H](C)NC(=O)CNCc2ccc(S(N)(=O)=O)cc2)cc1. The maximum absolute atomic E-state index is 12.0. The molecule has 25 heavy (non-hydrogen) atoms. The number of sulfonamides is 1. The fraction of sp³-hybridized carbons (Fsp3) is 0.278. The Morgan fingerprint density at radius 2 is 1.68 bits per heavy atom. The predicted molar refractivity (Wildman–Crippen MR) is 97.3 cm³/mol. The number of benzene rings is 2. The summed E-state index contributed by atoms with van der Waals surface area (Å²) in [7, 11) is -3.68. The van der Waals surface area contributed by atoms with Crippen LogP contribution < -0.4 is 15.8 Å². The van der Waals surface area contributed by atoms with Gasteiger partial charge in [-0.2, -0.15) is 0 Å². The van der Waals surface area contributed by atoms with Crippen molar-refractivity contribution in [3.05, 3.63) is 65.2 Å². The van der Waals surface area contributed by atoms with E-state index in [1.165, 1.54) is 17.7 Å². The molecule has 2 aromatic carbocycles. The molecule has 0 bridgehead atoms. The highest BCUT2D eigenvalue weighted by atomic mass is 32.2. The predicted octanol–water partition coefficient (Wildman–Crippen LogP) is 1.61. The number of hydrogen-bond donors (Lipinski definition) is 3. The summed E-state index contributed by atoms with van der Waals surface area (Å²) in [5.74, 6) is -0.103. The molecule has 1 atom stereocenters. The highest BCUT2D eigenvalue weighted by Gasteiger charge is 2.09. The normalized spacial score (nSPS) is 12.6. The maximum atomic E-state index is 12.0. The van der Waals surface area contributed by atoms with Gasteiger partial charge in [0.15, 0.2) is 0 Å². The van der Waals surface area contributed by atoms with Crippen molar-refractivity contribution in [2.24, 2.45) is 5.14 Å². The minimum absolute atomic E-state index is 0.0658. The average Bonchev–Trinajstić information content (AvgIpc) is 2.55. The molecule has 4 N–H and O–H groups in total. The molecule has 2 rings (SSSR count). The van der Waals surface area contributed by atoms with Gasteiger partial charge in [-0.1, -0.05) is 42.0 Å². The minimum atomic E-state index is -3.68. The molecule has 0 radical (unpaired) electrons.